The molecule has 1 atom stereocenters. The second kappa shape index (κ2) is 8.01. The minimum absolute atomic E-state index is 0.0578. The lowest BCUT2D eigenvalue weighted by atomic mass is 9.99. The summed E-state index contributed by atoms with van der Waals surface area (Å²) < 4.78 is 13.2. The van der Waals surface area contributed by atoms with Crippen molar-refractivity contribution in [2.24, 2.45) is 5.92 Å². The Morgan fingerprint density at radius 3 is 2.81 bits per heavy atom. The molecule has 138 valence electrons. The van der Waals surface area contributed by atoms with Crippen LogP contribution in [0.25, 0.3) is 0 Å². The fourth-order valence-electron chi connectivity index (χ4n) is 3.64. The van der Waals surface area contributed by atoms with E-state index in [9.17, 15) is 4.79 Å². The quantitative estimate of drug-likeness (QED) is 0.892. The Balaban J connectivity index is 1.39. The van der Waals surface area contributed by atoms with E-state index in [4.69, 9.17) is 14.6 Å². The molecule has 0 radical (unpaired) electrons. The van der Waals surface area contributed by atoms with Gasteiger partial charge in [-0.2, -0.15) is 5.10 Å². The summed E-state index contributed by atoms with van der Waals surface area (Å²) in [6.07, 6.45) is 4.41. The molecule has 0 unspecified atom stereocenters. The molecule has 2 aliphatic heterocycles. The third kappa shape index (κ3) is 3.97. The van der Waals surface area contributed by atoms with E-state index < -0.39 is 0 Å². The standard InChI is InChI=1S/C20H25N3O3/c24-20(16-6-9-25-10-7-16)21-12-18-19-17(8-11-26-18)14-23(22-19)13-15-4-2-1-3-5-15/h1-5,14,16,18H,6-13H2,(H,21,24)/t18-/m1/s1. The Bertz CT molecular complexity index is 738. The van der Waals surface area contributed by atoms with Gasteiger partial charge in [0.1, 0.15) is 6.10 Å². The van der Waals surface area contributed by atoms with Crippen LogP contribution in [0.5, 0.6) is 0 Å². The van der Waals surface area contributed by atoms with Crippen molar-refractivity contribution in [3.8, 4) is 0 Å². The highest BCUT2D eigenvalue weighted by atomic mass is 16.5. The summed E-state index contributed by atoms with van der Waals surface area (Å²) in [4.78, 5) is 12.4. The van der Waals surface area contributed by atoms with Gasteiger partial charge in [-0.05, 0) is 30.4 Å². The average molecular weight is 355 g/mol. The molecule has 26 heavy (non-hydrogen) atoms. The van der Waals surface area contributed by atoms with Gasteiger partial charge in [0, 0.05) is 31.9 Å². The first-order valence-electron chi connectivity index (χ1n) is 9.37. The molecule has 1 saturated heterocycles. The molecule has 4 rings (SSSR count). The average Bonchev–Trinajstić information content (AvgIpc) is 3.10. The molecule has 1 fully saturated rings. The summed E-state index contributed by atoms with van der Waals surface area (Å²) in [7, 11) is 0. The zero-order valence-corrected chi connectivity index (χ0v) is 14.9. The second-order valence-electron chi connectivity index (χ2n) is 6.96. The summed E-state index contributed by atoms with van der Waals surface area (Å²) in [5.41, 5.74) is 3.40. The lowest BCUT2D eigenvalue weighted by Crippen LogP contribution is -2.37. The minimum Gasteiger partial charge on any atom is -0.381 e. The van der Waals surface area contributed by atoms with Gasteiger partial charge in [0.15, 0.2) is 0 Å². The van der Waals surface area contributed by atoms with Crippen molar-refractivity contribution in [3.05, 3.63) is 53.3 Å². The predicted octanol–water partition coefficient (Wildman–Crippen LogP) is 2.09. The van der Waals surface area contributed by atoms with Crippen molar-refractivity contribution >= 4 is 5.91 Å². The molecule has 1 aromatic heterocycles. The van der Waals surface area contributed by atoms with Gasteiger partial charge in [-0.15, -0.1) is 0 Å². The van der Waals surface area contributed by atoms with Gasteiger partial charge in [-0.3, -0.25) is 9.48 Å². The van der Waals surface area contributed by atoms with Crippen LogP contribution < -0.4 is 5.32 Å². The van der Waals surface area contributed by atoms with E-state index in [0.717, 1.165) is 31.5 Å². The summed E-state index contributed by atoms with van der Waals surface area (Å²) in [5, 5.41) is 7.79. The van der Waals surface area contributed by atoms with Gasteiger partial charge in [-0.25, -0.2) is 0 Å². The summed E-state index contributed by atoms with van der Waals surface area (Å²) >= 11 is 0. The molecule has 2 aliphatic rings. The van der Waals surface area contributed by atoms with Crippen molar-refractivity contribution in [2.75, 3.05) is 26.4 Å². The highest BCUT2D eigenvalue weighted by molar-refractivity contribution is 5.78. The topological polar surface area (TPSA) is 65.4 Å². The first kappa shape index (κ1) is 17.2. The van der Waals surface area contributed by atoms with Gasteiger partial charge in [0.05, 0.1) is 18.8 Å². The Labute approximate surface area is 153 Å². The Morgan fingerprint density at radius 1 is 1.19 bits per heavy atom. The molecule has 1 N–H and O–H groups in total. The summed E-state index contributed by atoms with van der Waals surface area (Å²) in [6, 6.07) is 10.3. The highest BCUT2D eigenvalue weighted by Gasteiger charge is 2.27. The van der Waals surface area contributed by atoms with Crippen molar-refractivity contribution in [1.29, 1.82) is 0 Å². The molecule has 3 heterocycles. The van der Waals surface area contributed by atoms with Crippen LogP contribution in [-0.4, -0.2) is 42.1 Å². The van der Waals surface area contributed by atoms with Crippen LogP contribution in [0.1, 0.15) is 35.8 Å². The van der Waals surface area contributed by atoms with Crippen LogP contribution in [0.3, 0.4) is 0 Å². The number of hydrogen-bond acceptors (Lipinski definition) is 4. The first-order chi connectivity index (χ1) is 12.8. The van der Waals surface area contributed by atoms with E-state index in [2.05, 4.69) is 23.6 Å². The molecule has 0 bridgehead atoms. The zero-order chi connectivity index (χ0) is 17.8. The molecule has 6 nitrogen and oxygen atoms in total. The normalized spacial score (nSPS) is 20.5. The maximum atomic E-state index is 12.4. The number of carbonyl (C=O) groups excluding carboxylic acids is 1. The van der Waals surface area contributed by atoms with Crippen molar-refractivity contribution in [2.45, 2.75) is 31.9 Å². The number of hydrogen-bond donors (Lipinski definition) is 1. The molecule has 1 amide bonds. The first-order valence-corrected chi connectivity index (χ1v) is 9.37. The minimum atomic E-state index is -0.167. The van der Waals surface area contributed by atoms with E-state index in [1.54, 1.807) is 0 Å². The zero-order valence-electron chi connectivity index (χ0n) is 14.9. The van der Waals surface area contributed by atoms with Gasteiger partial charge >= 0.3 is 0 Å². The van der Waals surface area contributed by atoms with Gasteiger partial charge in [0.25, 0.3) is 0 Å². The highest BCUT2D eigenvalue weighted by Crippen LogP contribution is 2.26. The van der Waals surface area contributed by atoms with Crippen molar-refractivity contribution < 1.29 is 14.3 Å². The van der Waals surface area contributed by atoms with Crippen LogP contribution in [-0.2, 0) is 27.2 Å². The number of aromatic nitrogens is 2. The fraction of sp³-hybridized carbons (Fsp3) is 0.500. The fourth-order valence-corrected chi connectivity index (χ4v) is 3.64. The largest absolute Gasteiger partial charge is 0.381 e. The van der Waals surface area contributed by atoms with Gasteiger partial charge in [0.2, 0.25) is 5.91 Å². The maximum absolute atomic E-state index is 12.4. The van der Waals surface area contributed by atoms with E-state index in [0.29, 0.717) is 26.4 Å². The Kier molecular flexibility index (Phi) is 5.32. The Hall–Kier alpha value is -2.18. The number of carbonyl (C=O) groups is 1. The van der Waals surface area contributed by atoms with Crippen molar-refractivity contribution in [3.63, 3.8) is 0 Å². The van der Waals surface area contributed by atoms with E-state index in [1.807, 2.05) is 22.9 Å². The SMILES string of the molecule is O=C(NC[C@H]1OCCc2cn(Cc3ccccc3)nc21)C1CCOCC1. The number of fused-ring (bicyclic) bond motifs is 1. The van der Waals surface area contributed by atoms with Gasteiger partial charge < -0.3 is 14.8 Å². The van der Waals surface area contributed by atoms with E-state index >= 15 is 0 Å². The lowest BCUT2D eigenvalue weighted by molar-refractivity contribution is -0.128. The van der Waals surface area contributed by atoms with Crippen LogP contribution in [0, 0.1) is 5.92 Å². The summed E-state index contributed by atoms with van der Waals surface area (Å²) in [6.45, 7) is 3.24. The van der Waals surface area contributed by atoms with Crippen LogP contribution in [0.15, 0.2) is 36.5 Å². The number of nitrogens with one attached hydrogen (secondary N) is 1. The lowest BCUT2D eigenvalue weighted by Gasteiger charge is -2.25. The molecular weight excluding hydrogens is 330 g/mol. The van der Waals surface area contributed by atoms with E-state index in [-0.39, 0.29) is 17.9 Å². The molecule has 6 heteroatoms. The van der Waals surface area contributed by atoms with Crippen molar-refractivity contribution in [1.82, 2.24) is 15.1 Å². The van der Waals surface area contributed by atoms with Crippen LogP contribution >= 0.6 is 0 Å². The molecular formula is C20H25N3O3. The van der Waals surface area contributed by atoms with Gasteiger partial charge in [-0.1, -0.05) is 30.3 Å². The van der Waals surface area contributed by atoms with Crippen LogP contribution in [0.4, 0.5) is 0 Å². The number of ether oxygens (including phenoxy) is 2. The monoisotopic (exact) mass is 355 g/mol. The molecule has 0 spiro atoms. The third-order valence-corrected chi connectivity index (χ3v) is 5.11. The third-order valence-electron chi connectivity index (χ3n) is 5.11. The van der Waals surface area contributed by atoms with Crippen LogP contribution in [0.2, 0.25) is 0 Å². The molecule has 2 aromatic rings. The number of amides is 1. The number of nitrogens with zero attached hydrogens (tertiary/aromatic N) is 2. The predicted molar refractivity (Wildman–Crippen MR) is 96.7 cm³/mol. The molecule has 1 aromatic carbocycles. The van der Waals surface area contributed by atoms with E-state index in [1.165, 1.54) is 11.1 Å². The molecule has 0 aliphatic carbocycles. The summed E-state index contributed by atoms with van der Waals surface area (Å²) in [5.74, 6) is 0.162. The Morgan fingerprint density at radius 2 is 2.00 bits per heavy atom. The smallest absolute Gasteiger partial charge is 0.223 e. The second-order valence-corrected chi connectivity index (χ2v) is 6.96. The molecule has 0 saturated carbocycles. The number of rotatable bonds is 5. The maximum Gasteiger partial charge on any atom is 0.223 e. The number of benzene rings is 1.